The Kier molecular flexibility index (Phi) is 4.81. The third-order valence-corrected chi connectivity index (χ3v) is 5.16. The Morgan fingerprint density at radius 2 is 2.04 bits per heavy atom. The minimum Gasteiger partial charge on any atom is -0.379 e. The maximum Gasteiger partial charge on any atom is 0.293 e. The van der Waals surface area contributed by atoms with Crippen molar-refractivity contribution in [3.63, 3.8) is 0 Å². The number of rotatable bonds is 6. The van der Waals surface area contributed by atoms with Crippen LogP contribution in [-0.4, -0.2) is 26.4 Å². The summed E-state index contributed by atoms with van der Waals surface area (Å²) in [5, 5.41) is 17.6. The van der Waals surface area contributed by atoms with Crippen LogP contribution < -0.4 is 10.9 Å². The van der Waals surface area contributed by atoms with Gasteiger partial charge in [-0.3, -0.25) is 14.9 Å². The number of nitro benzene ring substituents is 1. The highest BCUT2D eigenvalue weighted by Crippen LogP contribution is 2.28. The molecular weight excluding hydrogens is 378 g/mol. The van der Waals surface area contributed by atoms with Crippen LogP contribution in [0.25, 0.3) is 21.5 Å². The van der Waals surface area contributed by atoms with Crippen LogP contribution in [0.15, 0.2) is 59.0 Å². The van der Waals surface area contributed by atoms with E-state index in [1.54, 1.807) is 11.3 Å². The minimum atomic E-state index is -0.509. The lowest BCUT2D eigenvalue weighted by Gasteiger charge is -2.07. The zero-order valence-corrected chi connectivity index (χ0v) is 15.4. The smallest absolute Gasteiger partial charge is 0.293 e. The first kappa shape index (κ1) is 17.8. The number of H-pyrrole nitrogens is 1. The topological polar surface area (TPSA) is 114 Å². The number of benzene rings is 2. The molecule has 2 aromatic carbocycles. The molecule has 0 spiro atoms. The molecule has 2 heterocycles. The van der Waals surface area contributed by atoms with Gasteiger partial charge in [0, 0.05) is 30.0 Å². The van der Waals surface area contributed by atoms with Crippen molar-refractivity contribution in [3.8, 4) is 10.6 Å². The van der Waals surface area contributed by atoms with E-state index in [2.05, 4.69) is 20.3 Å². The Hall–Kier alpha value is -3.59. The van der Waals surface area contributed by atoms with Crippen LogP contribution >= 0.6 is 11.3 Å². The maximum absolute atomic E-state index is 11.8. The van der Waals surface area contributed by atoms with E-state index in [1.165, 1.54) is 18.5 Å². The molecule has 0 unspecified atom stereocenters. The number of anilines is 1. The Labute approximate surface area is 163 Å². The molecule has 2 N–H and O–H groups in total. The molecular formula is C19H15N5O3S. The number of hydrogen-bond acceptors (Lipinski definition) is 7. The molecule has 0 aliphatic rings. The molecule has 4 aromatic rings. The highest BCUT2D eigenvalue weighted by molar-refractivity contribution is 7.13. The molecule has 0 atom stereocenters. The van der Waals surface area contributed by atoms with Crippen molar-refractivity contribution in [3.05, 3.63) is 80.3 Å². The van der Waals surface area contributed by atoms with Crippen molar-refractivity contribution < 1.29 is 4.92 Å². The van der Waals surface area contributed by atoms with Crippen LogP contribution in [0.1, 0.15) is 5.69 Å². The molecule has 2 aromatic heterocycles. The highest BCUT2D eigenvalue weighted by Gasteiger charge is 2.17. The molecule has 0 saturated carbocycles. The summed E-state index contributed by atoms with van der Waals surface area (Å²) in [4.78, 5) is 33.8. The van der Waals surface area contributed by atoms with Gasteiger partial charge in [-0.1, -0.05) is 30.3 Å². The van der Waals surface area contributed by atoms with E-state index in [1.807, 2.05) is 35.7 Å². The molecule has 0 fully saturated rings. The summed E-state index contributed by atoms with van der Waals surface area (Å²) >= 11 is 1.57. The van der Waals surface area contributed by atoms with E-state index >= 15 is 0 Å². The van der Waals surface area contributed by atoms with Crippen molar-refractivity contribution in [2.45, 2.75) is 6.42 Å². The number of thiazole rings is 1. The zero-order chi connectivity index (χ0) is 19.5. The van der Waals surface area contributed by atoms with Crippen LogP contribution in [0, 0.1) is 10.1 Å². The van der Waals surface area contributed by atoms with Gasteiger partial charge in [-0.15, -0.1) is 11.3 Å². The second kappa shape index (κ2) is 7.57. The summed E-state index contributed by atoms with van der Waals surface area (Å²) in [6, 6.07) is 12.7. The first-order valence-electron chi connectivity index (χ1n) is 8.51. The van der Waals surface area contributed by atoms with E-state index in [0.29, 0.717) is 24.2 Å². The monoisotopic (exact) mass is 393 g/mol. The van der Waals surface area contributed by atoms with E-state index < -0.39 is 10.5 Å². The van der Waals surface area contributed by atoms with E-state index in [-0.39, 0.29) is 11.1 Å². The summed E-state index contributed by atoms with van der Waals surface area (Å²) in [6.45, 7) is 0.466. The number of nitro groups is 1. The number of nitrogens with zero attached hydrogens (tertiary/aromatic N) is 3. The zero-order valence-electron chi connectivity index (χ0n) is 14.6. The van der Waals surface area contributed by atoms with Crippen molar-refractivity contribution in [1.29, 1.82) is 0 Å². The minimum absolute atomic E-state index is 0.158. The molecule has 0 aliphatic heterocycles. The number of aromatic amines is 1. The van der Waals surface area contributed by atoms with Gasteiger partial charge in [0.2, 0.25) is 0 Å². The molecule has 8 nitrogen and oxygen atoms in total. The highest BCUT2D eigenvalue weighted by atomic mass is 32.1. The van der Waals surface area contributed by atoms with Crippen LogP contribution in [0.3, 0.4) is 0 Å². The largest absolute Gasteiger partial charge is 0.379 e. The number of aromatic nitrogens is 3. The van der Waals surface area contributed by atoms with Gasteiger partial charge in [0.05, 0.1) is 27.8 Å². The van der Waals surface area contributed by atoms with E-state index in [9.17, 15) is 14.9 Å². The molecule has 0 amide bonds. The van der Waals surface area contributed by atoms with Gasteiger partial charge in [0.25, 0.3) is 11.2 Å². The van der Waals surface area contributed by atoms with E-state index in [0.717, 1.165) is 16.3 Å². The Morgan fingerprint density at radius 3 is 2.82 bits per heavy atom. The molecule has 4 rings (SSSR count). The molecule has 0 radical (unpaired) electrons. The van der Waals surface area contributed by atoms with Gasteiger partial charge < -0.3 is 10.3 Å². The quantitative estimate of drug-likeness (QED) is 0.382. The normalized spacial score (nSPS) is 10.9. The lowest BCUT2D eigenvalue weighted by molar-refractivity contribution is -0.383. The average Bonchev–Trinajstić information content (AvgIpc) is 3.17. The summed E-state index contributed by atoms with van der Waals surface area (Å²) in [5.74, 6) is 0. The van der Waals surface area contributed by atoms with Crippen LogP contribution in [0.4, 0.5) is 11.4 Å². The Bertz CT molecular complexity index is 1200. The molecule has 140 valence electrons. The Balaban J connectivity index is 1.51. The van der Waals surface area contributed by atoms with Crippen LogP contribution in [0.2, 0.25) is 0 Å². The number of fused-ring (bicyclic) bond motifs is 1. The lowest BCUT2D eigenvalue weighted by atomic mass is 10.2. The second-order valence-electron chi connectivity index (χ2n) is 6.06. The molecule has 28 heavy (non-hydrogen) atoms. The second-order valence-corrected chi connectivity index (χ2v) is 6.92. The SMILES string of the molecule is O=c1[nH]cnc2cc(NCCc3csc(-c4ccccc4)n3)c([N+](=O)[O-])cc12. The first-order chi connectivity index (χ1) is 13.6. The van der Waals surface area contributed by atoms with E-state index in [4.69, 9.17) is 0 Å². The van der Waals surface area contributed by atoms with Gasteiger partial charge in [-0.25, -0.2) is 9.97 Å². The van der Waals surface area contributed by atoms with Gasteiger partial charge >= 0.3 is 0 Å². The van der Waals surface area contributed by atoms with Gasteiger partial charge in [-0.05, 0) is 6.07 Å². The van der Waals surface area contributed by atoms with Gasteiger partial charge in [-0.2, -0.15) is 0 Å². The molecule has 0 aliphatic carbocycles. The molecule has 9 heteroatoms. The average molecular weight is 393 g/mol. The van der Waals surface area contributed by atoms with Crippen molar-refractivity contribution in [2.75, 3.05) is 11.9 Å². The van der Waals surface area contributed by atoms with Gasteiger partial charge in [0.1, 0.15) is 10.7 Å². The predicted molar refractivity (Wildman–Crippen MR) is 109 cm³/mol. The van der Waals surface area contributed by atoms with Crippen LogP contribution in [-0.2, 0) is 6.42 Å². The summed E-state index contributed by atoms with van der Waals surface area (Å²) < 4.78 is 0. The first-order valence-corrected chi connectivity index (χ1v) is 9.39. The fraction of sp³-hybridized carbons (Fsp3) is 0.105. The van der Waals surface area contributed by atoms with Crippen molar-refractivity contribution in [1.82, 2.24) is 15.0 Å². The molecule has 0 saturated heterocycles. The molecule has 0 bridgehead atoms. The van der Waals surface area contributed by atoms with Crippen molar-refractivity contribution in [2.24, 2.45) is 0 Å². The van der Waals surface area contributed by atoms with Crippen LogP contribution in [0.5, 0.6) is 0 Å². The summed E-state index contributed by atoms with van der Waals surface area (Å²) in [6.07, 6.45) is 1.89. The van der Waals surface area contributed by atoms with Gasteiger partial charge in [0.15, 0.2) is 0 Å². The third kappa shape index (κ3) is 3.60. The number of nitrogens with one attached hydrogen (secondary N) is 2. The fourth-order valence-electron chi connectivity index (χ4n) is 2.86. The fourth-order valence-corrected chi connectivity index (χ4v) is 3.72. The Morgan fingerprint density at radius 1 is 1.21 bits per heavy atom. The maximum atomic E-state index is 11.8. The predicted octanol–water partition coefficient (Wildman–Crippen LogP) is 3.61. The lowest BCUT2D eigenvalue weighted by Crippen LogP contribution is -2.10. The number of hydrogen-bond donors (Lipinski definition) is 2. The standard InChI is InChI=1S/C19H15N5O3S/c25-18-14-8-17(24(26)27)16(9-15(14)21-11-22-18)20-7-6-13-10-28-19(23-13)12-4-2-1-3-5-12/h1-5,8-11,20H,6-7H2,(H,21,22,25). The summed E-state index contributed by atoms with van der Waals surface area (Å²) in [5.41, 5.74) is 2.14. The summed E-state index contributed by atoms with van der Waals surface area (Å²) in [7, 11) is 0. The van der Waals surface area contributed by atoms with Crippen molar-refractivity contribution >= 4 is 33.6 Å². The third-order valence-electron chi connectivity index (χ3n) is 4.22.